The number of aryl methyl sites for hydroxylation is 1. The number of nitrogens with zero attached hydrogens (tertiary/aromatic N) is 6. The second-order valence-corrected chi connectivity index (χ2v) is 8.03. The number of aliphatic hydroxyl groups is 1. The van der Waals surface area contributed by atoms with Crippen LogP contribution in [0, 0.1) is 0 Å². The van der Waals surface area contributed by atoms with E-state index in [-0.39, 0.29) is 11.8 Å². The van der Waals surface area contributed by atoms with E-state index in [0.717, 1.165) is 22.5 Å². The van der Waals surface area contributed by atoms with Crippen LogP contribution in [-0.4, -0.2) is 79.3 Å². The van der Waals surface area contributed by atoms with Gasteiger partial charge in [-0.15, -0.1) is 0 Å². The van der Waals surface area contributed by atoms with Crippen LogP contribution in [0.4, 0.5) is 11.6 Å². The van der Waals surface area contributed by atoms with E-state index >= 15 is 0 Å². The summed E-state index contributed by atoms with van der Waals surface area (Å²) in [4.78, 5) is 40.3. The number of benzene rings is 1. The number of rotatable bonds is 5. The van der Waals surface area contributed by atoms with Crippen molar-refractivity contribution >= 4 is 34.5 Å². The largest absolute Gasteiger partial charge is 0.387 e. The van der Waals surface area contributed by atoms with Gasteiger partial charge in [0.1, 0.15) is 18.1 Å². The van der Waals surface area contributed by atoms with Gasteiger partial charge in [-0.3, -0.25) is 14.3 Å². The Morgan fingerprint density at radius 2 is 1.91 bits per heavy atom. The van der Waals surface area contributed by atoms with E-state index in [0.29, 0.717) is 43.4 Å². The highest BCUT2D eigenvalue weighted by molar-refractivity contribution is 6.03. The Labute approximate surface area is 195 Å². The zero-order valence-electron chi connectivity index (χ0n) is 18.6. The van der Waals surface area contributed by atoms with Gasteiger partial charge in [-0.25, -0.2) is 9.97 Å². The second-order valence-electron chi connectivity index (χ2n) is 8.03. The molecule has 2 amide bonds. The molecule has 0 radical (unpaired) electrons. The van der Waals surface area contributed by atoms with E-state index in [2.05, 4.69) is 25.4 Å². The van der Waals surface area contributed by atoms with E-state index < -0.39 is 6.61 Å². The molecule has 0 saturated carbocycles. The van der Waals surface area contributed by atoms with Gasteiger partial charge in [0.15, 0.2) is 11.6 Å². The number of pyridine rings is 1. The fourth-order valence-corrected chi connectivity index (χ4v) is 4.00. The quantitative estimate of drug-likeness (QED) is 0.408. The van der Waals surface area contributed by atoms with Crippen molar-refractivity contribution in [1.82, 2.24) is 29.6 Å². The SMILES string of the molecule is Cn1nc(NC(=O)c2ccc(N3CCN(C(=O)CO)CC3)nc2)cc1-c1nc2ccccc2[nH]1. The summed E-state index contributed by atoms with van der Waals surface area (Å²) in [5, 5.41) is 16.2. The Balaban J connectivity index is 1.24. The summed E-state index contributed by atoms with van der Waals surface area (Å²) in [7, 11) is 1.79. The number of fused-ring (bicyclic) bond motifs is 1. The van der Waals surface area contributed by atoms with Gasteiger partial charge in [0, 0.05) is 45.5 Å². The predicted octanol–water partition coefficient (Wildman–Crippen LogP) is 1.25. The number of carbonyl (C=O) groups is 2. The molecule has 0 atom stereocenters. The average molecular weight is 460 g/mol. The molecular weight excluding hydrogens is 436 g/mol. The lowest BCUT2D eigenvalue weighted by atomic mass is 10.2. The molecule has 0 spiro atoms. The number of para-hydroxylation sites is 2. The van der Waals surface area contributed by atoms with Crippen molar-refractivity contribution in [3.8, 4) is 11.5 Å². The van der Waals surface area contributed by atoms with Crippen LogP contribution in [0.3, 0.4) is 0 Å². The van der Waals surface area contributed by atoms with Crippen molar-refractivity contribution in [2.24, 2.45) is 7.05 Å². The van der Waals surface area contributed by atoms with Gasteiger partial charge < -0.3 is 25.2 Å². The Morgan fingerprint density at radius 3 is 2.62 bits per heavy atom. The monoisotopic (exact) mass is 460 g/mol. The Morgan fingerprint density at radius 1 is 1.12 bits per heavy atom. The first-order chi connectivity index (χ1) is 16.5. The van der Waals surface area contributed by atoms with E-state index in [1.807, 2.05) is 29.2 Å². The van der Waals surface area contributed by atoms with Crippen molar-refractivity contribution in [3.63, 3.8) is 0 Å². The Bertz CT molecular complexity index is 1300. The van der Waals surface area contributed by atoms with Crippen LogP contribution in [0.25, 0.3) is 22.6 Å². The summed E-state index contributed by atoms with van der Waals surface area (Å²) in [6.07, 6.45) is 1.53. The van der Waals surface area contributed by atoms with Gasteiger partial charge in [-0.2, -0.15) is 5.10 Å². The zero-order valence-corrected chi connectivity index (χ0v) is 18.6. The molecular formula is C23H24N8O3. The highest BCUT2D eigenvalue weighted by atomic mass is 16.3. The Hall–Kier alpha value is -4.25. The number of aromatic amines is 1. The number of hydrogen-bond donors (Lipinski definition) is 3. The first kappa shape index (κ1) is 21.6. The lowest BCUT2D eigenvalue weighted by molar-refractivity contribution is -0.134. The molecule has 3 aromatic heterocycles. The minimum Gasteiger partial charge on any atom is -0.387 e. The molecule has 4 aromatic rings. The van der Waals surface area contributed by atoms with Crippen molar-refractivity contribution in [2.45, 2.75) is 0 Å². The van der Waals surface area contributed by atoms with E-state index in [9.17, 15) is 9.59 Å². The zero-order chi connectivity index (χ0) is 23.7. The summed E-state index contributed by atoms with van der Waals surface area (Å²) in [6.45, 7) is 1.80. The number of amides is 2. The van der Waals surface area contributed by atoms with Crippen molar-refractivity contribution in [2.75, 3.05) is 43.0 Å². The van der Waals surface area contributed by atoms with Gasteiger partial charge in [-0.05, 0) is 24.3 Å². The van der Waals surface area contributed by atoms with Gasteiger partial charge in [0.25, 0.3) is 5.91 Å². The average Bonchev–Trinajstić information content (AvgIpc) is 3.46. The van der Waals surface area contributed by atoms with Crippen molar-refractivity contribution in [1.29, 1.82) is 0 Å². The van der Waals surface area contributed by atoms with Crippen LogP contribution in [0.1, 0.15) is 10.4 Å². The molecule has 3 N–H and O–H groups in total. The molecule has 174 valence electrons. The minimum absolute atomic E-state index is 0.266. The first-order valence-corrected chi connectivity index (χ1v) is 10.9. The third-order valence-electron chi connectivity index (χ3n) is 5.86. The highest BCUT2D eigenvalue weighted by Crippen LogP contribution is 2.23. The van der Waals surface area contributed by atoms with E-state index in [1.54, 1.807) is 34.8 Å². The topological polar surface area (TPSA) is 132 Å². The number of carbonyl (C=O) groups excluding carboxylic acids is 2. The lowest BCUT2D eigenvalue weighted by Gasteiger charge is -2.35. The molecule has 5 rings (SSSR count). The summed E-state index contributed by atoms with van der Waals surface area (Å²) in [5.41, 5.74) is 2.95. The van der Waals surface area contributed by atoms with Crippen LogP contribution in [0.15, 0.2) is 48.7 Å². The summed E-state index contributed by atoms with van der Waals surface area (Å²) in [6, 6.07) is 13.0. The molecule has 11 nitrogen and oxygen atoms in total. The normalized spacial score (nSPS) is 13.9. The fraction of sp³-hybridized carbons (Fsp3) is 0.261. The predicted molar refractivity (Wildman–Crippen MR) is 126 cm³/mol. The minimum atomic E-state index is -0.474. The molecule has 4 heterocycles. The molecule has 34 heavy (non-hydrogen) atoms. The van der Waals surface area contributed by atoms with Crippen LogP contribution < -0.4 is 10.2 Å². The number of aliphatic hydroxyl groups excluding tert-OH is 1. The maximum Gasteiger partial charge on any atom is 0.258 e. The molecule has 1 aliphatic rings. The third-order valence-corrected chi connectivity index (χ3v) is 5.86. The maximum atomic E-state index is 12.7. The molecule has 11 heteroatoms. The van der Waals surface area contributed by atoms with Gasteiger partial charge in [0.05, 0.1) is 16.6 Å². The molecule has 1 aliphatic heterocycles. The highest BCUT2D eigenvalue weighted by Gasteiger charge is 2.21. The molecule has 0 bridgehead atoms. The number of aromatic nitrogens is 5. The van der Waals surface area contributed by atoms with E-state index in [4.69, 9.17) is 5.11 Å². The van der Waals surface area contributed by atoms with E-state index in [1.165, 1.54) is 6.20 Å². The van der Waals surface area contributed by atoms with Crippen LogP contribution >= 0.6 is 0 Å². The lowest BCUT2D eigenvalue weighted by Crippen LogP contribution is -2.49. The molecule has 0 unspecified atom stereocenters. The molecule has 1 saturated heterocycles. The van der Waals surface area contributed by atoms with Crippen molar-refractivity contribution < 1.29 is 14.7 Å². The van der Waals surface area contributed by atoms with Gasteiger partial charge >= 0.3 is 0 Å². The van der Waals surface area contributed by atoms with Crippen LogP contribution in [0.2, 0.25) is 0 Å². The summed E-state index contributed by atoms with van der Waals surface area (Å²) >= 11 is 0. The number of imidazole rings is 1. The molecule has 1 fully saturated rings. The fourth-order valence-electron chi connectivity index (χ4n) is 4.00. The Kier molecular flexibility index (Phi) is 5.68. The number of H-pyrrole nitrogens is 1. The number of hydrogen-bond acceptors (Lipinski definition) is 7. The maximum absolute atomic E-state index is 12.7. The summed E-state index contributed by atoms with van der Waals surface area (Å²) < 4.78 is 1.66. The number of anilines is 2. The first-order valence-electron chi connectivity index (χ1n) is 10.9. The smallest absolute Gasteiger partial charge is 0.258 e. The molecule has 1 aromatic carbocycles. The number of piperazine rings is 1. The number of nitrogens with one attached hydrogen (secondary N) is 2. The van der Waals surface area contributed by atoms with Gasteiger partial charge in [0.2, 0.25) is 5.91 Å². The summed E-state index contributed by atoms with van der Waals surface area (Å²) in [5.74, 6) is 1.24. The second kappa shape index (κ2) is 8.94. The standard InChI is InChI=1S/C23H24N8O3/c1-29-18(22-25-16-4-2-3-5-17(16)26-22)12-19(28-29)27-23(34)15-6-7-20(24-13-15)30-8-10-31(11-9-30)21(33)14-32/h2-7,12-13,32H,8-11,14H2,1H3,(H,25,26)(H,27,28,34). The van der Waals surface area contributed by atoms with Crippen LogP contribution in [0.5, 0.6) is 0 Å². The van der Waals surface area contributed by atoms with Crippen molar-refractivity contribution in [3.05, 3.63) is 54.2 Å². The third kappa shape index (κ3) is 4.20. The van der Waals surface area contributed by atoms with Crippen LogP contribution in [-0.2, 0) is 11.8 Å². The van der Waals surface area contributed by atoms with Gasteiger partial charge in [-0.1, -0.05) is 12.1 Å². The molecule has 0 aliphatic carbocycles.